The quantitative estimate of drug-likeness (QED) is 0.924. The van der Waals surface area contributed by atoms with Crippen molar-refractivity contribution in [1.82, 2.24) is 4.57 Å². The van der Waals surface area contributed by atoms with Crippen LogP contribution in [0, 0.1) is 5.82 Å². The molecule has 1 heterocycles. The molecule has 1 N–H and O–H groups in total. The van der Waals surface area contributed by atoms with Gasteiger partial charge in [-0.15, -0.1) is 0 Å². The molecule has 0 saturated heterocycles. The minimum absolute atomic E-state index is 0.00131. The van der Waals surface area contributed by atoms with Gasteiger partial charge in [0.2, 0.25) is 0 Å². The Morgan fingerprint density at radius 3 is 2.70 bits per heavy atom. The first kappa shape index (κ1) is 13.8. The SMILES string of the molecule is COc1ccc(Cn2cc(C(=O)O)ccc2=O)cc1F. The largest absolute Gasteiger partial charge is 0.494 e. The molecule has 0 saturated carbocycles. The molecule has 0 aliphatic carbocycles. The summed E-state index contributed by atoms with van der Waals surface area (Å²) in [6.45, 7) is 0.0842. The average molecular weight is 277 g/mol. The number of carbonyl (C=O) groups is 1. The van der Waals surface area contributed by atoms with Crippen molar-refractivity contribution in [2.24, 2.45) is 0 Å². The van der Waals surface area contributed by atoms with Crippen LogP contribution in [0.2, 0.25) is 0 Å². The Bertz CT molecular complexity index is 709. The highest BCUT2D eigenvalue weighted by Crippen LogP contribution is 2.18. The van der Waals surface area contributed by atoms with E-state index in [1.807, 2.05) is 0 Å². The van der Waals surface area contributed by atoms with E-state index >= 15 is 0 Å². The smallest absolute Gasteiger partial charge is 0.337 e. The van der Waals surface area contributed by atoms with E-state index in [0.717, 1.165) is 0 Å². The van der Waals surface area contributed by atoms with Crippen molar-refractivity contribution in [1.29, 1.82) is 0 Å². The Morgan fingerprint density at radius 2 is 2.10 bits per heavy atom. The summed E-state index contributed by atoms with van der Waals surface area (Å²) < 4.78 is 19.6. The second-order valence-electron chi connectivity index (χ2n) is 4.16. The number of aromatic nitrogens is 1. The topological polar surface area (TPSA) is 68.5 Å². The monoisotopic (exact) mass is 277 g/mol. The first-order chi connectivity index (χ1) is 9.51. The number of hydrogen-bond acceptors (Lipinski definition) is 3. The van der Waals surface area contributed by atoms with Gasteiger partial charge in [0.1, 0.15) is 0 Å². The van der Waals surface area contributed by atoms with Crippen molar-refractivity contribution >= 4 is 5.97 Å². The maximum atomic E-state index is 13.6. The van der Waals surface area contributed by atoms with Crippen molar-refractivity contribution in [3.05, 3.63) is 63.8 Å². The molecule has 20 heavy (non-hydrogen) atoms. The first-order valence-electron chi connectivity index (χ1n) is 5.77. The van der Waals surface area contributed by atoms with Gasteiger partial charge in [0.25, 0.3) is 5.56 Å². The number of ether oxygens (including phenoxy) is 1. The Labute approximate surface area is 113 Å². The minimum Gasteiger partial charge on any atom is -0.494 e. The van der Waals surface area contributed by atoms with Gasteiger partial charge in [0.05, 0.1) is 19.2 Å². The second-order valence-corrected chi connectivity index (χ2v) is 4.16. The Hall–Kier alpha value is -2.63. The van der Waals surface area contributed by atoms with Crippen molar-refractivity contribution < 1.29 is 19.0 Å². The van der Waals surface area contributed by atoms with Gasteiger partial charge in [-0.05, 0) is 23.8 Å². The van der Waals surface area contributed by atoms with Crippen LogP contribution in [0.1, 0.15) is 15.9 Å². The van der Waals surface area contributed by atoms with Crippen LogP contribution in [0.15, 0.2) is 41.3 Å². The normalized spacial score (nSPS) is 10.3. The lowest BCUT2D eigenvalue weighted by molar-refractivity contribution is 0.0696. The molecular formula is C14H12FNO4. The zero-order valence-corrected chi connectivity index (χ0v) is 10.7. The van der Waals surface area contributed by atoms with Crippen LogP contribution in [-0.2, 0) is 6.54 Å². The van der Waals surface area contributed by atoms with Gasteiger partial charge in [-0.1, -0.05) is 6.07 Å². The fourth-order valence-electron chi connectivity index (χ4n) is 1.79. The van der Waals surface area contributed by atoms with E-state index in [9.17, 15) is 14.0 Å². The molecule has 0 aliphatic rings. The Morgan fingerprint density at radius 1 is 1.35 bits per heavy atom. The van der Waals surface area contributed by atoms with Gasteiger partial charge in [0.15, 0.2) is 11.6 Å². The standard InChI is InChI=1S/C14H12FNO4/c1-20-12-4-2-9(6-11(12)15)7-16-8-10(14(18)19)3-5-13(16)17/h2-6,8H,7H2,1H3,(H,18,19). The zero-order valence-electron chi connectivity index (χ0n) is 10.7. The molecule has 0 radical (unpaired) electrons. The average Bonchev–Trinajstić information content (AvgIpc) is 2.41. The van der Waals surface area contributed by atoms with Crippen molar-refractivity contribution in [2.45, 2.75) is 6.54 Å². The van der Waals surface area contributed by atoms with Crippen LogP contribution >= 0.6 is 0 Å². The molecule has 5 nitrogen and oxygen atoms in total. The van der Waals surface area contributed by atoms with E-state index in [1.54, 1.807) is 6.07 Å². The number of rotatable bonds is 4. The first-order valence-corrected chi connectivity index (χ1v) is 5.77. The third kappa shape index (κ3) is 2.85. The van der Waals surface area contributed by atoms with E-state index in [4.69, 9.17) is 9.84 Å². The summed E-state index contributed by atoms with van der Waals surface area (Å²) in [5.74, 6) is -1.55. The summed E-state index contributed by atoms with van der Waals surface area (Å²) in [4.78, 5) is 22.5. The van der Waals surface area contributed by atoms with Crippen LogP contribution < -0.4 is 10.3 Å². The van der Waals surface area contributed by atoms with Gasteiger partial charge in [0, 0.05) is 12.3 Å². The molecule has 2 rings (SSSR count). The zero-order chi connectivity index (χ0) is 14.7. The van der Waals surface area contributed by atoms with Gasteiger partial charge in [-0.3, -0.25) is 4.79 Å². The summed E-state index contributed by atoms with van der Waals surface area (Å²) in [6, 6.07) is 6.72. The molecule has 6 heteroatoms. The highest BCUT2D eigenvalue weighted by molar-refractivity contribution is 5.87. The lowest BCUT2D eigenvalue weighted by Gasteiger charge is -2.08. The summed E-state index contributed by atoms with van der Waals surface area (Å²) in [7, 11) is 1.36. The number of methoxy groups -OCH3 is 1. The maximum absolute atomic E-state index is 13.6. The highest BCUT2D eigenvalue weighted by Gasteiger charge is 2.08. The van der Waals surface area contributed by atoms with E-state index in [1.165, 1.54) is 42.1 Å². The Kier molecular flexibility index (Phi) is 3.84. The number of aromatic carboxylic acids is 1. The third-order valence-electron chi connectivity index (χ3n) is 2.80. The summed E-state index contributed by atoms with van der Waals surface area (Å²) in [6.07, 6.45) is 1.23. The van der Waals surface area contributed by atoms with Gasteiger partial charge in [-0.25, -0.2) is 9.18 Å². The van der Waals surface area contributed by atoms with Crippen LogP contribution in [0.3, 0.4) is 0 Å². The predicted molar refractivity (Wildman–Crippen MR) is 69.7 cm³/mol. The Balaban J connectivity index is 2.34. The van der Waals surface area contributed by atoms with Gasteiger partial charge >= 0.3 is 5.97 Å². The number of halogens is 1. The number of carboxylic acid groups (broad SMARTS) is 1. The fraction of sp³-hybridized carbons (Fsp3) is 0.143. The lowest BCUT2D eigenvalue weighted by Crippen LogP contribution is -2.20. The number of carboxylic acids is 1. The molecule has 0 aliphatic heterocycles. The molecule has 0 fully saturated rings. The van der Waals surface area contributed by atoms with Crippen molar-refractivity contribution in [3.63, 3.8) is 0 Å². The minimum atomic E-state index is -1.13. The van der Waals surface area contributed by atoms with E-state index in [0.29, 0.717) is 5.56 Å². The van der Waals surface area contributed by atoms with Crippen LogP contribution in [0.25, 0.3) is 0 Å². The molecule has 0 bridgehead atoms. The summed E-state index contributed by atoms with van der Waals surface area (Å²) in [5, 5.41) is 8.89. The number of pyridine rings is 1. The fourth-order valence-corrected chi connectivity index (χ4v) is 1.79. The van der Waals surface area contributed by atoms with Crippen LogP contribution in [0.5, 0.6) is 5.75 Å². The molecule has 0 amide bonds. The lowest BCUT2D eigenvalue weighted by atomic mass is 10.2. The van der Waals surface area contributed by atoms with Gasteiger partial charge in [-0.2, -0.15) is 0 Å². The van der Waals surface area contributed by atoms with E-state index in [-0.39, 0.29) is 23.4 Å². The van der Waals surface area contributed by atoms with Crippen molar-refractivity contribution in [2.75, 3.05) is 7.11 Å². The molecule has 104 valence electrons. The number of benzene rings is 1. The molecular weight excluding hydrogens is 265 g/mol. The second kappa shape index (κ2) is 5.56. The van der Waals surface area contributed by atoms with Crippen LogP contribution in [-0.4, -0.2) is 22.8 Å². The van der Waals surface area contributed by atoms with Crippen molar-refractivity contribution in [3.8, 4) is 5.75 Å². The summed E-state index contributed by atoms with van der Waals surface area (Å²) >= 11 is 0. The van der Waals surface area contributed by atoms with E-state index in [2.05, 4.69) is 0 Å². The number of hydrogen-bond donors (Lipinski definition) is 1. The van der Waals surface area contributed by atoms with Gasteiger partial charge < -0.3 is 14.4 Å². The predicted octanol–water partition coefficient (Wildman–Crippen LogP) is 1.74. The third-order valence-corrected chi connectivity index (χ3v) is 2.80. The molecule has 2 aromatic rings. The molecule has 0 unspecified atom stereocenters. The molecule has 1 aromatic carbocycles. The molecule has 0 spiro atoms. The van der Waals surface area contributed by atoms with Crippen LogP contribution in [0.4, 0.5) is 4.39 Å². The summed E-state index contributed by atoms with van der Waals surface area (Å²) in [5.41, 5.74) is 0.178. The highest BCUT2D eigenvalue weighted by atomic mass is 19.1. The maximum Gasteiger partial charge on any atom is 0.337 e. The number of nitrogens with zero attached hydrogens (tertiary/aromatic N) is 1. The molecule has 1 aromatic heterocycles. The molecule has 0 atom stereocenters. The van der Waals surface area contributed by atoms with E-state index < -0.39 is 11.8 Å².